The fourth-order valence-corrected chi connectivity index (χ4v) is 4.01. The van der Waals surface area contributed by atoms with Crippen LogP contribution in [0.4, 0.5) is 0 Å². The lowest BCUT2D eigenvalue weighted by Gasteiger charge is -2.07. The number of nitrogens with zero attached hydrogens (tertiary/aromatic N) is 2. The van der Waals surface area contributed by atoms with Crippen LogP contribution >= 0.6 is 11.3 Å². The normalized spacial score (nSPS) is 11.4. The van der Waals surface area contributed by atoms with Crippen LogP contribution in [0.5, 0.6) is 5.75 Å². The summed E-state index contributed by atoms with van der Waals surface area (Å²) in [7, 11) is 0. The summed E-state index contributed by atoms with van der Waals surface area (Å²) in [5.41, 5.74) is 5.89. The molecule has 0 aliphatic rings. The van der Waals surface area contributed by atoms with Gasteiger partial charge in [0.05, 0.1) is 22.5 Å². The molecule has 0 spiro atoms. The van der Waals surface area contributed by atoms with Crippen molar-refractivity contribution in [3.05, 3.63) is 53.7 Å². The van der Waals surface area contributed by atoms with Gasteiger partial charge in [0.1, 0.15) is 5.75 Å². The van der Waals surface area contributed by atoms with Gasteiger partial charge in [-0.25, -0.2) is 4.98 Å². The summed E-state index contributed by atoms with van der Waals surface area (Å²) < 4.78 is 9.24. The van der Waals surface area contributed by atoms with Crippen LogP contribution in [0.25, 0.3) is 26.4 Å². The van der Waals surface area contributed by atoms with Crippen LogP contribution in [-0.4, -0.2) is 16.0 Å². The smallest absolute Gasteiger partial charge is 0.195 e. The van der Waals surface area contributed by atoms with Crippen molar-refractivity contribution < 1.29 is 4.74 Å². The summed E-state index contributed by atoms with van der Waals surface area (Å²) in [4.78, 5) is 5.86. The molecule has 0 atom stereocenters. The molecular weight excluding hydrogens is 304 g/mol. The fourth-order valence-electron chi connectivity index (χ4n) is 2.94. The van der Waals surface area contributed by atoms with E-state index in [0.717, 1.165) is 22.0 Å². The summed E-state index contributed by atoms with van der Waals surface area (Å²) in [6, 6.07) is 12.5. The first-order valence-corrected chi connectivity index (χ1v) is 8.60. The molecule has 116 valence electrons. The largest absolute Gasteiger partial charge is 0.493 e. The minimum Gasteiger partial charge on any atom is -0.493 e. The maximum atomic E-state index is 5.75. The number of para-hydroxylation sites is 1. The number of imidazole rings is 1. The fraction of sp³-hybridized carbons (Fsp3) is 0.211. The zero-order valence-corrected chi connectivity index (χ0v) is 14.3. The molecule has 0 aliphatic heterocycles. The van der Waals surface area contributed by atoms with Gasteiger partial charge in [-0.3, -0.25) is 4.40 Å². The van der Waals surface area contributed by atoms with E-state index in [4.69, 9.17) is 9.72 Å². The number of aryl methyl sites for hydroxylation is 2. The van der Waals surface area contributed by atoms with Crippen molar-refractivity contribution in [3.63, 3.8) is 0 Å². The molecule has 4 rings (SSSR count). The zero-order chi connectivity index (χ0) is 16.0. The number of benzene rings is 2. The molecule has 0 radical (unpaired) electrons. The highest BCUT2D eigenvalue weighted by molar-refractivity contribution is 7.23. The van der Waals surface area contributed by atoms with Crippen LogP contribution in [-0.2, 0) is 0 Å². The Morgan fingerprint density at radius 1 is 1.13 bits per heavy atom. The van der Waals surface area contributed by atoms with Crippen molar-refractivity contribution >= 4 is 26.5 Å². The van der Waals surface area contributed by atoms with Gasteiger partial charge in [0, 0.05) is 11.8 Å². The van der Waals surface area contributed by atoms with E-state index in [-0.39, 0.29) is 0 Å². The maximum absolute atomic E-state index is 5.75. The van der Waals surface area contributed by atoms with Gasteiger partial charge in [0.2, 0.25) is 0 Å². The third-order valence-electron chi connectivity index (χ3n) is 4.24. The van der Waals surface area contributed by atoms with Crippen LogP contribution in [0.3, 0.4) is 0 Å². The van der Waals surface area contributed by atoms with Crippen molar-refractivity contribution in [1.29, 1.82) is 0 Å². The van der Waals surface area contributed by atoms with E-state index in [1.807, 2.05) is 25.1 Å². The van der Waals surface area contributed by atoms with E-state index in [9.17, 15) is 0 Å². The number of ether oxygens (including phenoxy) is 1. The van der Waals surface area contributed by atoms with Crippen LogP contribution in [0, 0.1) is 13.8 Å². The average Bonchev–Trinajstić information content (AvgIpc) is 3.09. The van der Waals surface area contributed by atoms with Crippen molar-refractivity contribution in [2.75, 3.05) is 6.61 Å². The lowest BCUT2D eigenvalue weighted by molar-refractivity contribution is 0.341. The number of hydrogen-bond acceptors (Lipinski definition) is 3. The predicted octanol–water partition coefficient (Wildman–Crippen LogP) is 5.23. The molecular formula is C19H18N2OS. The van der Waals surface area contributed by atoms with Crippen LogP contribution < -0.4 is 4.74 Å². The van der Waals surface area contributed by atoms with Crippen molar-refractivity contribution in [2.24, 2.45) is 0 Å². The SMILES string of the molecule is CCOc1ccccc1-c1cn2c(n1)sc1ccc(C)c(C)c12. The minimum absolute atomic E-state index is 0.653. The van der Waals surface area contributed by atoms with Gasteiger partial charge in [0.15, 0.2) is 4.96 Å². The van der Waals surface area contributed by atoms with E-state index < -0.39 is 0 Å². The van der Waals surface area contributed by atoms with Crippen molar-refractivity contribution in [2.45, 2.75) is 20.8 Å². The monoisotopic (exact) mass is 322 g/mol. The second-order valence-corrected chi connectivity index (χ2v) is 6.67. The predicted molar refractivity (Wildman–Crippen MR) is 96.7 cm³/mol. The Kier molecular flexibility index (Phi) is 3.34. The molecule has 2 aromatic heterocycles. The van der Waals surface area contributed by atoms with Gasteiger partial charge in [-0.05, 0) is 50.1 Å². The van der Waals surface area contributed by atoms with E-state index in [1.54, 1.807) is 11.3 Å². The number of fused-ring (bicyclic) bond motifs is 3. The number of aromatic nitrogens is 2. The number of hydrogen-bond donors (Lipinski definition) is 0. The molecule has 4 heteroatoms. The van der Waals surface area contributed by atoms with Crippen LogP contribution in [0.1, 0.15) is 18.1 Å². The van der Waals surface area contributed by atoms with Gasteiger partial charge in [-0.1, -0.05) is 29.5 Å². The molecule has 0 fully saturated rings. The third kappa shape index (κ3) is 2.21. The molecule has 0 unspecified atom stereocenters. The summed E-state index contributed by atoms with van der Waals surface area (Å²) >= 11 is 1.73. The standard InChI is InChI=1S/C19H18N2OS/c1-4-22-16-8-6-5-7-14(16)15-11-21-18-13(3)12(2)9-10-17(18)23-19(21)20-15/h5-11H,4H2,1-3H3. The first kappa shape index (κ1) is 14.3. The second-order valence-electron chi connectivity index (χ2n) is 5.66. The molecule has 0 saturated carbocycles. The Hall–Kier alpha value is -2.33. The Balaban J connectivity index is 1.95. The molecule has 0 amide bonds. The Labute approximate surface area is 139 Å². The zero-order valence-electron chi connectivity index (χ0n) is 13.5. The average molecular weight is 322 g/mol. The highest BCUT2D eigenvalue weighted by atomic mass is 32.1. The highest BCUT2D eigenvalue weighted by Crippen LogP contribution is 2.35. The lowest BCUT2D eigenvalue weighted by atomic mass is 10.1. The van der Waals surface area contributed by atoms with E-state index in [2.05, 4.69) is 42.6 Å². The molecule has 23 heavy (non-hydrogen) atoms. The van der Waals surface area contributed by atoms with E-state index in [1.165, 1.54) is 21.3 Å². The summed E-state index contributed by atoms with van der Waals surface area (Å²) in [6.45, 7) is 6.99. The third-order valence-corrected chi connectivity index (χ3v) is 5.26. The van der Waals surface area contributed by atoms with E-state index >= 15 is 0 Å². The van der Waals surface area contributed by atoms with Crippen molar-refractivity contribution in [1.82, 2.24) is 9.38 Å². The Morgan fingerprint density at radius 3 is 2.78 bits per heavy atom. The molecule has 4 aromatic rings. The number of rotatable bonds is 3. The molecule has 2 heterocycles. The van der Waals surface area contributed by atoms with Gasteiger partial charge in [-0.2, -0.15) is 0 Å². The second kappa shape index (κ2) is 5.39. The Morgan fingerprint density at radius 2 is 1.96 bits per heavy atom. The quantitative estimate of drug-likeness (QED) is 0.516. The topological polar surface area (TPSA) is 26.5 Å². The van der Waals surface area contributed by atoms with Crippen LogP contribution in [0.2, 0.25) is 0 Å². The minimum atomic E-state index is 0.653. The van der Waals surface area contributed by atoms with Gasteiger partial charge in [0.25, 0.3) is 0 Å². The summed E-state index contributed by atoms with van der Waals surface area (Å²) in [5, 5.41) is 0. The summed E-state index contributed by atoms with van der Waals surface area (Å²) in [5.74, 6) is 0.887. The molecule has 3 nitrogen and oxygen atoms in total. The first-order valence-electron chi connectivity index (χ1n) is 7.79. The summed E-state index contributed by atoms with van der Waals surface area (Å²) in [6.07, 6.45) is 2.12. The van der Waals surface area contributed by atoms with Crippen molar-refractivity contribution in [3.8, 4) is 17.0 Å². The molecule has 2 aromatic carbocycles. The van der Waals surface area contributed by atoms with Gasteiger partial charge < -0.3 is 4.74 Å². The Bertz CT molecular complexity index is 1010. The lowest BCUT2D eigenvalue weighted by Crippen LogP contribution is -1.93. The maximum Gasteiger partial charge on any atom is 0.195 e. The first-order chi connectivity index (χ1) is 11.2. The molecule has 0 aliphatic carbocycles. The number of thiazole rings is 1. The van der Waals surface area contributed by atoms with E-state index in [0.29, 0.717) is 6.61 Å². The molecule has 0 bridgehead atoms. The van der Waals surface area contributed by atoms with Gasteiger partial charge >= 0.3 is 0 Å². The highest BCUT2D eigenvalue weighted by Gasteiger charge is 2.14. The molecule has 0 saturated heterocycles. The van der Waals surface area contributed by atoms with Crippen LogP contribution in [0.15, 0.2) is 42.6 Å². The van der Waals surface area contributed by atoms with Gasteiger partial charge in [-0.15, -0.1) is 0 Å². The molecule has 0 N–H and O–H groups in total.